The summed E-state index contributed by atoms with van der Waals surface area (Å²) in [6.45, 7) is 2.89. The number of carbonyl (C=O) groups is 2. The first-order chi connectivity index (χ1) is 21.1. The summed E-state index contributed by atoms with van der Waals surface area (Å²) in [4.78, 5) is 29.2. The molecule has 1 fully saturated rings. The maximum absolute atomic E-state index is 13.8. The Morgan fingerprint density at radius 3 is 2.27 bits per heavy atom. The summed E-state index contributed by atoms with van der Waals surface area (Å²) in [5.74, 6) is -4.04. The number of aliphatic carboxylic acids is 2. The molecule has 5 rings (SSSR count). The number of rotatable bonds is 5. The van der Waals surface area contributed by atoms with Crippen molar-refractivity contribution >= 4 is 17.6 Å². The number of alkyl halides is 6. The first kappa shape index (κ1) is 34.7. The molecular formula is C28H26F7N5O5. The molecule has 242 valence electrons. The molecule has 1 aliphatic rings. The lowest BCUT2D eigenvalue weighted by molar-refractivity contribution is -0.193. The largest absolute Gasteiger partial charge is 0.496 e. The average molecular weight is 646 g/mol. The highest BCUT2D eigenvalue weighted by Gasteiger charge is 2.38. The number of pyridine rings is 2. The van der Waals surface area contributed by atoms with Crippen molar-refractivity contribution in [3.05, 3.63) is 78.3 Å². The van der Waals surface area contributed by atoms with Crippen LogP contribution in [0.2, 0.25) is 0 Å². The molecule has 0 aliphatic carbocycles. The van der Waals surface area contributed by atoms with E-state index in [0.717, 1.165) is 49.5 Å². The second-order valence-corrected chi connectivity index (χ2v) is 9.58. The second-order valence-electron chi connectivity index (χ2n) is 9.58. The van der Waals surface area contributed by atoms with Crippen molar-refractivity contribution in [2.75, 3.05) is 20.2 Å². The Kier molecular flexibility index (Phi) is 11.4. The molecule has 1 aromatic carbocycles. The normalized spacial score (nSPS) is 15.3. The van der Waals surface area contributed by atoms with E-state index in [1.807, 2.05) is 30.6 Å². The van der Waals surface area contributed by atoms with Crippen molar-refractivity contribution < 1.29 is 55.3 Å². The third-order valence-corrected chi connectivity index (χ3v) is 6.30. The lowest BCUT2D eigenvalue weighted by Crippen LogP contribution is -2.34. The molecule has 10 nitrogen and oxygen atoms in total. The van der Waals surface area contributed by atoms with Crippen LogP contribution in [0.4, 0.5) is 30.7 Å². The number of fused-ring (bicyclic) bond motifs is 1. The van der Waals surface area contributed by atoms with E-state index in [1.54, 1.807) is 23.9 Å². The zero-order valence-corrected chi connectivity index (χ0v) is 23.4. The number of aromatic nitrogens is 4. The van der Waals surface area contributed by atoms with Crippen LogP contribution >= 0.6 is 0 Å². The van der Waals surface area contributed by atoms with Crippen LogP contribution in [-0.2, 0) is 16.1 Å². The predicted molar refractivity (Wildman–Crippen MR) is 144 cm³/mol. The first-order valence-corrected chi connectivity index (χ1v) is 13.0. The average Bonchev–Trinajstić information content (AvgIpc) is 3.41. The van der Waals surface area contributed by atoms with Gasteiger partial charge in [-0.1, -0.05) is 6.07 Å². The van der Waals surface area contributed by atoms with E-state index < -0.39 is 24.3 Å². The van der Waals surface area contributed by atoms with Crippen LogP contribution in [0.1, 0.15) is 30.1 Å². The number of hydrogen-bond acceptors (Lipinski definition) is 7. The maximum Gasteiger partial charge on any atom is 0.490 e. The van der Waals surface area contributed by atoms with Crippen LogP contribution in [0.25, 0.3) is 16.8 Å². The Labute approximate surface area is 250 Å². The summed E-state index contributed by atoms with van der Waals surface area (Å²) >= 11 is 0. The van der Waals surface area contributed by atoms with Gasteiger partial charge < -0.3 is 14.9 Å². The van der Waals surface area contributed by atoms with Gasteiger partial charge in [-0.05, 0) is 61.3 Å². The summed E-state index contributed by atoms with van der Waals surface area (Å²) in [5, 5.41) is 19.0. The minimum absolute atomic E-state index is 0.289. The highest BCUT2D eigenvalue weighted by molar-refractivity contribution is 5.73. The van der Waals surface area contributed by atoms with E-state index in [1.165, 1.54) is 17.7 Å². The molecule has 0 radical (unpaired) electrons. The third kappa shape index (κ3) is 10.1. The number of hydrogen-bond donors (Lipinski definition) is 2. The third-order valence-electron chi connectivity index (χ3n) is 6.30. The SMILES string of the molecule is COc1ccc(F)cc1-c1ccc2nc(C3CCCN(Cc4cccnc4)C3)nn2c1.O=C(O)C(F)(F)F.O=C(O)C(F)(F)F. The zero-order chi connectivity index (χ0) is 33.4. The molecule has 1 aliphatic heterocycles. The van der Waals surface area contributed by atoms with Gasteiger partial charge in [-0.15, -0.1) is 0 Å². The Bertz CT molecular complexity index is 1570. The molecule has 4 heterocycles. The standard InChI is InChI=1S/C24H24FN5O.2C2HF3O2/c1-31-22-8-7-20(25)12-21(22)18-6-9-23-27-24(28-30(23)16-18)19-5-3-11-29(15-19)14-17-4-2-10-26-13-17;2*3-2(4,5)1(6)7/h2,4,6-10,12-13,16,19H,3,5,11,14-15H2,1H3;2*(H,6,7). The quantitative estimate of drug-likeness (QED) is 0.267. The molecule has 3 aromatic heterocycles. The van der Waals surface area contributed by atoms with Crippen molar-refractivity contribution in [2.24, 2.45) is 0 Å². The molecule has 4 aromatic rings. The van der Waals surface area contributed by atoms with E-state index in [-0.39, 0.29) is 11.7 Å². The number of likely N-dealkylation sites (tertiary alicyclic amines) is 1. The van der Waals surface area contributed by atoms with Gasteiger partial charge in [-0.2, -0.15) is 31.4 Å². The second kappa shape index (κ2) is 14.8. The minimum Gasteiger partial charge on any atom is -0.496 e. The molecule has 0 amide bonds. The van der Waals surface area contributed by atoms with Gasteiger partial charge in [0.1, 0.15) is 11.6 Å². The Hall–Kier alpha value is -4.80. The van der Waals surface area contributed by atoms with Crippen LogP contribution in [0, 0.1) is 5.82 Å². The Morgan fingerprint density at radius 2 is 1.69 bits per heavy atom. The van der Waals surface area contributed by atoms with Gasteiger partial charge in [0.2, 0.25) is 0 Å². The summed E-state index contributed by atoms with van der Waals surface area (Å²) in [6, 6.07) is 12.5. The molecule has 1 saturated heterocycles. The van der Waals surface area contributed by atoms with E-state index >= 15 is 0 Å². The number of carboxylic acid groups (broad SMARTS) is 2. The first-order valence-electron chi connectivity index (χ1n) is 13.0. The summed E-state index contributed by atoms with van der Waals surface area (Å²) in [7, 11) is 1.59. The van der Waals surface area contributed by atoms with Crippen molar-refractivity contribution in [3.8, 4) is 16.9 Å². The van der Waals surface area contributed by atoms with E-state index in [2.05, 4.69) is 16.0 Å². The van der Waals surface area contributed by atoms with Crippen molar-refractivity contribution in [3.63, 3.8) is 0 Å². The van der Waals surface area contributed by atoms with Gasteiger partial charge >= 0.3 is 24.3 Å². The lowest BCUT2D eigenvalue weighted by Gasteiger charge is -2.31. The fourth-order valence-corrected chi connectivity index (χ4v) is 4.30. The van der Waals surface area contributed by atoms with Gasteiger partial charge in [-0.25, -0.2) is 23.5 Å². The van der Waals surface area contributed by atoms with E-state index in [0.29, 0.717) is 11.3 Å². The van der Waals surface area contributed by atoms with Crippen molar-refractivity contribution in [1.29, 1.82) is 0 Å². The molecule has 0 bridgehead atoms. The van der Waals surface area contributed by atoms with Crippen LogP contribution in [0.3, 0.4) is 0 Å². The Morgan fingerprint density at radius 1 is 1.02 bits per heavy atom. The van der Waals surface area contributed by atoms with Gasteiger partial charge in [-0.3, -0.25) is 9.88 Å². The van der Waals surface area contributed by atoms with Crippen LogP contribution < -0.4 is 4.74 Å². The molecule has 1 unspecified atom stereocenters. The summed E-state index contributed by atoms with van der Waals surface area (Å²) in [5.41, 5.74) is 3.54. The number of ether oxygens (including phenoxy) is 1. The number of benzene rings is 1. The highest BCUT2D eigenvalue weighted by Crippen LogP contribution is 2.31. The molecule has 0 spiro atoms. The fraction of sp³-hybridized carbons (Fsp3) is 0.321. The topological polar surface area (TPSA) is 130 Å². The van der Waals surface area contributed by atoms with E-state index in [4.69, 9.17) is 34.6 Å². The molecule has 2 N–H and O–H groups in total. The van der Waals surface area contributed by atoms with Crippen molar-refractivity contribution in [2.45, 2.75) is 37.7 Å². The number of piperidine rings is 1. The molecule has 0 saturated carbocycles. The summed E-state index contributed by atoms with van der Waals surface area (Å²) in [6.07, 6.45) is -2.36. The van der Waals surface area contributed by atoms with Gasteiger partial charge in [0.25, 0.3) is 0 Å². The van der Waals surface area contributed by atoms with E-state index in [9.17, 15) is 30.7 Å². The number of carboxylic acids is 2. The van der Waals surface area contributed by atoms with Crippen molar-refractivity contribution in [1.82, 2.24) is 24.5 Å². The van der Waals surface area contributed by atoms with Gasteiger partial charge in [0, 0.05) is 48.7 Å². The fourth-order valence-electron chi connectivity index (χ4n) is 4.30. The molecule has 45 heavy (non-hydrogen) atoms. The Balaban J connectivity index is 0.000000331. The monoisotopic (exact) mass is 645 g/mol. The zero-order valence-electron chi connectivity index (χ0n) is 23.4. The molecular weight excluding hydrogens is 619 g/mol. The van der Waals surface area contributed by atoms with Gasteiger partial charge in [0.15, 0.2) is 11.5 Å². The van der Waals surface area contributed by atoms with Crippen LogP contribution in [0.5, 0.6) is 5.75 Å². The number of halogens is 7. The smallest absolute Gasteiger partial charge is 0.490 e. The molecule has 1 atom stereocenters. The maximum atomic E-state index is 13.8. The summed E-state index contributed by atoms with van der Waals surface area (Å²) < 4.78 is 84.5. The lowest BCUT2D eigenvalue weighted by atomic mass is 9.97. The molecule has 17 heteroatoms. The number of methoxy groups -OCH3 is 1. The van der Waals surface area contributed by atoms with Crippen LogP contribution in [0.15, 0.2) is 61.1 Å². The van der Waals surface area contributed by atoms with Crippen LogP contribution in [-0.4, -0.2) is 79.2 Å². The highest BCUT2D eigenvalue weighted by atomic mass is 19.4. The van der Waals surface area contributed by atoms with Gasteiger partial charge in [0.05, 0.1) is 7.11 Å². The minimum atomic E-state index is -5.08. The predicted octanol–water partition coefficient (Wildman–Crippen LogP) is 5.59. The number of nitrogens with zero attached hydrogens (tertiary/aromatic N) is 5.